The molecule has 0 heterocycles. The van der Waals surface area contributed by atoms with Crippen LogP contribution in [0.25, 0.3) is 0 Å². The second-order valence-electron chi connectivity index (χ2n) is 3.09. The number of aliphatic hydroxyl groups is 1. The van der Waals surface area contributed by atoms with Gasteiger partial charge in [0.25, 0.3) is 0 Å². The van der Waals surface area contributed by atoms with E-state index < -0.39 is 0 Å². The molecule has 0 fully saturated rings. The van der Waals surface area contributed by atoms with E-state index in [-0.39, 0.29) is 19.0 Å². The molecule has 0 amide bonds. The molecule has 0 radical (unpaired) electrons. The van der Waals surface area contributed by atoms with Crippen LogP contribution in [0.5, 0.6) is 5.75 Å². The number of ether oxygens (including phenoxy) is 1. The lowest BCUT2D eigenvalue weighted by Crippen LogP contribution is -2.05. The van der Waals surface area contributed by atoms with E-state index in [4.69, 9.17) is 9.84 Å². The number of aliphatic hydroxyl groups excluding tert-OH is 1. The zero-order chi connectivity index (χ0) is 11.3. The Morgan fingerprint density at radius 1 is 1.53 bits per heavy atom. The Hall–Kier alpha value is -1.55. The maximum Gasteiger partial charge on any atom is 0.159 e. The molecule has 0 unspecified atom stereocenters. The summed E-state index contributed by atoms with van der Waals surface area (Å²) in [7, 11) is 1.77. The topological polar surface area (TPSA) is 58.6 Å². The smallest absolute Gasteiger partial charge is 0.159 e. The van der Waals surface area contributed by atoms with Gasteiger partial charge < -0.3 is 15.2 Å². The van der Waals surface area contributed by atoms with Gasteiger partial charge in [-0.2, -0.15) is 0 Å². The number of anilines is 1. The minimum absolute atomic E-state index is 0.00787. The minimum atomic E-state index is -0.0482. The van der Waals surface area contributed by atoms with Crippen LogP contribution in [0.15, 0.2) is 18.2 Å². The summed E-state index contributed by atoms with van der Waals surface area (Å²) in [4.78, 5) is 11.1. The van der Waals surface area contributed by atoms with Crippen LogP contribution in [0, 0.1) is 0 Å². The fourth-order valence-corrected chi connectivity index (χ4v) is 1.22. The van der Waals surface area contributed by atoms with Crippen molar-refractivity contribution < 1.29 is 14.6 Å². The zero-order valence-corrected chi connectivity index (χ0v) is 8.91. The summed E-state index contributed by atoms with van der Waals surface area (Å²) in [6, 6.07) is 5.19. The molecule has 2 N–H and O–H groups in total. The fourth-order valence-electron chi connectivity index (χ4n) is 1.22. The van der Waals surface area contributed by atoms with Gasteiger partial charge in [0.05, 0.1) is 12.3 Å². The summed E-state index contributed by atoms with van der Waals surface area (Å²) in [5.74, 6) is 0.575. The van der Waals surface area contributed by atoms with Crippen LogP contribution in [0.2, 0.25) is 0 Å². The fraction of sp³-hybridized carbons (Fsp3) is 0.364. The van der Waals surface area contributed by atoms with Crippen LogP contribution in [0.4, 0.5) is 5.69 Å². The molecule has 0 aromatic heterocycles. The van der Waals surface area contributed by atoms with Gasteiger partial charge in [0.1, 0.15) is 12.4 Å². The summed E-state index contributed by atoms with van der Waals surface area (Å²) in [6.45, 7) is 1.67. The van der Waals surface area contributed by atoms with E-state index in [0.29, 0.717) is 11.3 Å². The van der Waals surface area contributed by atoms with Gasteiger partial charge in [0.2, 0.25) is 0 Å². The van der Waals surface area contributed by atoms with E-state index >= 15 is 0 Å². The molecular formula is C11H15NO3. The van der Waals surface area contributed by atoms with Gasteiger partial charge in [-0.3, -0.25) is 4.79 Å². The highest BCUT2D eigenvalue weighted by atomic mass is 16.5. The van der Waals surface area contributed by atoms with E-state index in [1.54, 1.807) is 25.2 Å². The van der Waals surface area contributed by atoms with Crippen LogP contribution in [0.1, 0.15) is 17.3 Å². The SMILES string of the molecule is CNc1ccc(C(C)=O)cc1OCCO. The average Bonchev–Trinajstić information content (AvgIpc) is 2.25. The van der Waals surface area contributed by atoms with Crippen molar-refractivity contribution >= 4 is 11.5 Å². The van der Waals surface area contributed by atoms with Crippen LogP contribution in [-0.4, -0.2) is 31.2 Å². The van der Waals surface area contributed by atoms with Gasteiger partial charge >= 0.3 is 0 Å². The number of rotatable bonds is 5. The maximum atomic E-state index is 11.1. The van der Waals surface area contributed by atoms with Gasteiger partial charge in [-0.1, -0.05) is 0 Å². The number of carbonyl (C=O) groups is 1. The first-order valence-corrected chi connectivity index (χ1v) is 4.75. The number of nitrogens with one attached hydrogen (secondary N) is 1. The highest BCUT2D eigenvalue weighted by molar-refractivity contribution is 5.95. The molecule has 0 aliphatic carbocycles. The van der Waals surface area contributed by atoms with Gasteiger partial charge in [-0.15, -0.1) is 0 Å². The second-order valence-corrected chi connectivity index (χ2v) is 3.09. The Morgan fingerprint density at radius 2 is 2.27 bits per heavy atom. The summed E-state index contributed by atoms with van der Waals surface area (Å²) in [5, 5.41) is 11.6. The highest BCUT2D eigenvalue weighted by Gasteiger charge is 2.06. The lowest BCUT2D eigenvalue weighted by Gasteiger charge is -2.11. The third-order valence-electron chi connectivity index (χ3n) is 2.01. The molecule has 1 aromatic carbocycles. The second kappa shape index (κ2) is 5.36. The van der Waals surface area contributed by atoms with Crippen molar-refractivity contribution in [2.45, 2.75) is 6.92 Å². The maximum absolute atomic E-state index is 11.1. The molecular weight excluding hydrogens is 194 g/mol. The molecule has 4 nitrogen and oxygen atoms in total. The molecule has 15 heavy (non-hydrogen) atoms. The van der Waals surface area contributed by atoms with Crippen molar-refractivity contribution in [2.24, 2.45) is 0 Å². The van der Waals surface area contributed by atoms with Gasteiger partial charge in [-0.05, 0) is 25.1 Å². The predicted octanol–water partition coefficient (Wildman–Crippen LogP) is 1.30. The normalized spacial score (nSPS) is 9.80. The number of ketones is 1. The average molecular weight is 209 g/mol. The third-order valence-corrected chi connectivity index (χ3v) is 2.01. The van der Waals surface area contributed by atoms with E-state index in [1.165, 1.54) is 6.92 Å². The molecule has 1 rings (SSSR count). The summed E-state index contributed by atoms with van der Waals surface area (Å²) < 4.78 is 5.30. The van der Waals surface area contributed by atoms with Crippen molar-refractivity contribution in [1.82, 2.24) is 0 Å². The number of hydrogen-bond donors (Lipinski definition) is 2. The van der Waals surface area contributed by atoms with Crippen LogP contribution in [-0.2, 0) is 0 Å². The minimum Gasteiger partial charge on any atom is -0.489 e. The first-order valence-electron chi connectivity index (χ1n) is 4.75. The molecule has 0 saturated heterocycles. The largest absolute Gasteiger partial charge is 0.489 e. The Balaban J connectivity index is 2.96. The van der Waals surface area contributed by atoms with Crippen molar-refractivity contribution in [3.8, 4) is 5.75 Å². The van der Waals surface area contributed by atoms with Crippen molar-refractivity contribution in [2.75, 3.05) is 25.6 Å². The molecule has 0 aliphatic rings. The van der Waals surface area contributed by atoms with Gasteiger partial charge in [-0.25, -0.2) is 0 Å². The van der Waals surface area contributed by atoms with E-state index in [1.807, 2.05) is 0 Å². The monoisotopic (exact) mass is 209 g/mol. The quantitative estimate of drug-likeness (QED) is 0.718. The standard InChI is InChI=1S/C11H15NO3/c1-8(14)9-3-4-10(12-2)11(7-9)15-6-5-13/h3-4,7,12-13H,5-6H2,1-2H3. The molecule has 82 valence electrons. The molecule has 4 heteroatoms. The highest BCUT2D eigenvalue weighted by Crippen LogP contribution is 2.25. The summed E-state index contributed by atoms with van der Waals surface area (Å²) >= 11 is 0. The first kappa shape index (κ1) is 11.5. The van der Waals surface area contributed by atoms with Crippen LogP contribution >= 0.6 is 0 Å². The molecule has 0 bridgehead atoms. The molecule has 0 atom stereocenters. The summed E-state index contributed by atoms with van der Waals surface area (Å²) in [5.41, 5.74) is 1.40. The van der Waals surface area contributed by atoms with E-state index in [0.717, 1.165) is 5.69 Å². The molecule has 0 saturated carbocycles. The molecule has 1 aromatic rings. The predicted molar refractivity (Wildman–Crippen MR) is 58.6 cm³/mol. The van der Waals surface area contributed by atoms with Gasteiger partial charge in [0.15, 0.2) is 5.78 Å². The Labute approximate surface area is 88.9 Å². The molecule has 0 aliphatic heterocycles. The third kappa shape index (κ3) is 2.95. The van der Waals surface area contributed by atoms with Crippen molar-refractivity contribution in [3.63, 3.8) is 0 Å². The van der Waals surface area contributed by atoms with E-state index in [9.17, 15) is 4.79 Å². The molecule has 0 spiro atoms. The Morgan fingerprint density at radius 3 is 2.80 bits per heavy atom. The van der Waals surface area contributed by atoms with E-state index in [2.05, 4.69) is 5.32 Å². The van der Waals surface area contributed by atoms with Crippen LogP contribution in [0.3, 0.4) is 0 Å². The van der Waals surface area contributed by atoms with Gasteiger partial charge in [0, 0.05) is 12.6 Å². The van der Waals surface area contributed by atoms with Crippen LogP contribution < -0.4 is 10.1 Å². The number of carbonyl (C=O) groups excluding carboxylic acids is 1. The summed E-state index contributed by atoms with van der Waals surface area (Å²) in [6.07, 6.45) is 0. The number of hydrogen-bond acceptors (Lipinski definition) is 4. The van der Waals surface area contributed by atoms with Crippen molar-refractivity contribution in [3.05, 3.63) is 23.8 Å². The Bertz CT molecular complexity index is 350. The number of Topliss-reactive ketones (excluding diaryl/α,β-unsaturated/α-hetero) is 1. The number of benzene rings is 1. The lowest BCUT2D eigenvalue weighted by molar-refractivity contribution is 0.101. The lowest BCUT2D eigenvalue weighted by atomic mass is 10.1. The Kier molecular flexibility index (Phi) is 4.12. The first-order chi connectivity index (χ1) is 7.19. The van der Waals surface area contributed by atoms with Crippen molar-refractivity contribution in [1.29, 1.82) is 0 Å². The zero-order valence-electron chi connectivity index (χ0n) is 8.91.